The first-order chi connectivity index (χ1) is 24.7. The van der Waals surface area contributed by atoms with Gasteiger partial charge in [-0.15, -0.1) is 0 Å². The molecule has 0 spiro atoms. The Labute approximate surface area is 315 Å². The van der Waals surface area contributed by atoms with Crippen molar-refractivity contribution in [2.24, 2.45) is 11.3 Å². The van der Waals surface area contributed by atoms with Crippen LogP contribution >= 0.6 is 0 Å². The second kappa shape index (κ2) is 17.4. The van der Waals surface area contributed by atoms with Crippen molar-refractivity contribution in [3.05, 3.63) is 125 Å². The van der Waals surface area contributed by atoms with Crippen LogP contribution in [0.2, 0.25) is 0 Å². The summed E-state index contributed by atoms with van der Waals surface area (Å²) in [4.78, 5) is 5.04. The van der Waals surface area contributed by atoms with E-state index in [1.54, 1.807) is 0 Å². The third-order valence-corrected chi connectivity index (χ3v) is 10.6. The third kappa shape index (κ3) is 10.6. The number of ether oxygens (including phenoxy) is 3. The van der Waals surface area contributed by atoms with Crippen LogP contribution in [0.3, 0.4) is 0 Å². The number of rotatable bonds is 2. The van der Waals surface area contributed by atoms with Gasteiger partial charge in [0.05, 0.1) is 0 Å². The van der Waals surface area contributed by atoms with Gasteiger partial charge in [0.15, 0.2) is 11.5 Å². The van der Waals surface area contributed by atoms with Gasteiger partial charge in [-0.3, -0.25) is 9.80 Å². The largest absolute Gasteiger partial charge is 0.490 e. The number of hydrogen-bond donors (Lipinski definition) is 0. The molecule has 4 heterocycles. The van der Waals surface area contributed by atoms with E-state index < -0.39 is 0 Å². The second-order valence-electron chi connectivity index (χ2n) is 17.3. The minimum Gasteiger partial charge on any atom is -0.490 e. The van der Waals surface area contributed by atoms with Crippen LogP contribution in [0.25, 0.3) is 0 Å². The lowest BCUT2D eigenvalue weighted by Gasteiger charge is -2.39. The Morgan fingerprint density at radius 3 is 1.60 bits per heavy atom. The summed E-state index contributed by atoms with van der Waals surface area (Å²) in [6.45, 7) is 27.5. The Hall–Kier alpha value is -3.80. The van der Waals surface area contributed by atoms with Crippen LogP contribution in [0.1, 0.15) is 97.1 Å². The maximum absolute atomic E-state index is 5.87. The van der Waals surface area contributed by atoms with Gasteiger partial charge in [0.1, 0.15) is 24.6 Å². The van der Waals surface area contributed by atoms with Gasteiger partial charge in [0, 0.05) is 49.6 Å². The Morgan fingerprint density at radius 2 is 1.08 bits per heavy atom. The lowest BCUT2D eigenvalue weighted by atomic mass is 9.89. The number of para-hydroxylation sites is 3. The molecular formula is C47H64N2O3. The lowest BCUT2D eigenvalue weighted by Crippen LogP contribution is -2.44. The first kappa shape index (κ1) is 39.4. The average Bonchev–Trinajstić information content (AvgIpc) is 3.77. The van der Waals surface area contributed by atoms with Gasteiger partial charge < -0.3 is 14.2 Å². The molecule has 5 heteroatoms. The number of fused-ring (bicyclic) bond motifs is 4. The average molecular weight is 705 g/mol. The summed E-state index contributed by atoms with van der Waals surface area (Å²) < 4.78 is 17.3. The van der Waals surface area contributed by atoms with Gasteiger partial charge >= 0.3 is 0 Å². The summed E-state index contributed by atoms with van der Waals surface area (Å²) in [6.07, 6.45) is 2.81. The van der Waals surface area contributed by atoms with Crippen molar-refractivity contribution in [3.63, 3.8) is 0 Å². The van der Waals surface area contributed by atoms with Crippen LogP contribution in [-0.4, -0.2) is 46.7 Å². The lowest BCUT2D eigenvalue weighted by molar-refractivity contribution is 0.0163. The molecule has 280 valence electrons. The second-order valence-corrected chi connectivity index (χ2v) is 17.3. The van der Waals surface area contributed by atoms with E-state index in [4.69, 9.17) is 14.2 Å². The third-order valence-electron chi connectivity index (χ3n) is 10.6. The summed E-state index contributed by atoms with van der Waals surface area (Å²) >= 11 is 0. The molecular weight excluding hydrogens is 641 g/mol. The molecule has 4 aromatic rings. The van der Waals surface area contributed by atoms with E-state index in [0.717, 1.165) is 43.3 Å². The molecule has 0 N–H and O–H groups in total. The molecule has 0 radical (unpaired) electrons. The van der Waals surface area contributed by atoms with Crippen molar-refractivity contribution in [1.29, 1.82) is 0 Å². The molecule has 2 unspecified atom stereocenters. The van der Waals surface area contributed by atoms with E-state index in [1.807, 2.05) is 30.3 Å². The zero-order chi connectivity index (χ0) is 37.5. The maximum Gasteiger partial charge on any atom is 0.161 e. The van der Waals surface area contributed by atoms with Gasteiger partial charge in [-0.05, 0) is 93.0 Å². The molecule has 4 aromatic carbocycles. The minimum absolute atomic E-state index is 0.119. The van der Waals surface area contributed by atoms with E-state index >= 15 is 0 Å². The summed E-state index contributed by atoms with van der Waals surface area (Å²) in [5, 5.41) is 0. The number of nitrogens with zero attached hydrogens (tertiary/aromatic N) is 2. The van der Waals surface area contributed by atoms with Crippen molar-refractivity contribution in [2.75, 3.05) is 13.2 Å². The molecule has 0 aromatic heterocycles. The standard InChI is InChI=1S/C13H19N.C12H16O2.C11H15N.C11H14O/c1-13(2,3)14-9-8-11-6-4-5-7-12(11)10-14;1-12(2,3)11-8-13-9-6-4-5-7-10(9)14-11;1-9(2)12-7-10-5-3-4-6-11(10)8-12;1-8(2)11-7-9-5-3-4-6-10(9)12-11/h4-7H,8-10H2,1-3H3;4-7,11H,8H2,1-3H3;3-6,9H,7-8H2,1-2H3;3-6,8,11H,7H2,1-2H3. The normalized spacial score (nSPS) is 19.1. The van der Waals surface area contributed by atoms with Gasteiger partial charge in [-0.1, -0.05) is 113 Å². The molecule has 0 amide bonds. The van der Waals surface area contributed by atoms with Crippen molar-refractivity contribution < 1.29 is 14.2 Å². The fourth-order valence-electron chi connectivity index (χ4n) is 6.82. The van der Waals surface area contributed by atoms with Crippen molar-refractivity contribution in [2.45, 2.75) is 126 Å². The Bertz CT molecular complexity index is 1540. The zero-order valence-electron chi connectivity index (χ0n) is 33.6. The van der Waals surface area contributed by atoms with Gasteiger partial charge in [-0.25, -0.2) is 0 Å². The fraction of sp³-hybridized carbons (Fsp3) is 0.489. The molecule has 2 atom stereocenters. The first-order valence-corrected chi connectivity index (χ1v) is 19.4. The molecule has 5 nitrogen and oxygen atoms in total. The first-order valence-electron chi connectivity index (χ1n) is 19.4. The van der Waals surface area contributed by atoms with Gasteiger partial charge in [0.25, 0.3) is 0 Å². The van der Waals surface area contributed by atoms with E-state index in [9.17, 15) is 0 Å². The molecule has 0 fully saturated rings. The van der Waals surface area contributed by atoms with Crippen LogP contribution in [0, 0.1) is 11.3 Å². The minimum atomic E-state index is 0.119. The van der Waals surface area contributed by atoms with Crippen molar-refractivity contribution in [1.82, 2.24) is 9.80 Å². The SMILES string of the molecule is CC(C)(C)C1COc2ccccc2O1.CC(C)(C)N1CCc2ccccc2C1.CC(C)C1Cc2ccccc2O1.CC(C)N1Cc2ccccc2C1. The highest BCUT2D eigenvalue weighted by Gasteiger charge is 2.31. The number of hydrogen-bond acceptors (Lipinski definition) is 5. The highest BCUT2D eigenvalue weighted by Crippen LogP contribution is 2.36. The molecule has 0 saturated heterocycles. The van der Waals surface area contributed by atoms with E-state index in [0.29, 0.717) is 30.2 Å². The van der Waals surface area contributed by atoms with E-state index in [2.05, 4.69) is 146 Å². The summed E-state index contributed by atoms with van der Waals surface area (Å²) in [6, 6.07) is 34.3. The Morgan fingerprint density at radius 1 is 0.577 bits per heavy atom. The predicted molar refractivity (Wildman–Crippen MR) is 216 cm³/mol. The quantitative estimate of drug-likeness (QED) is 0.208. The molecule has 52 heavy (non-hydrogen) atoms. The summed E-state index contributed by atoms with van der Waals surface area (Å²) in [5.74, 6) is 3.40. The highest BCUT2D eigenvalue weighted by atomic mass is 16.6. The molecule has 0 aliphatic carbocycles. The monoisotopic (exact) mass is 704 g/mol. The van der Waals surface area contributed by atoms with Crippen molar-refractivity contribution in [3.8, 4) is 17.2 Å². The summed E-state index contributed by atoms with van der Waals surface area (Å²) in [5.41, 5.74) is 7.83. The molecule has 0 saturated carbocycles. The maximum atomic E-state index is 5.87. The van der Waals surface area contributed by atoms with Crippen LogP contribution in [-0.2, 0) is 32.5 Å². The smallest absolute Gasteiger partial charge is 0.161 e. The van der Waals surface area contributed by atoms with Gasteiger partial charge in [-0.2, -0.15) is 0 Å². The molecule has 4 aliphatic rings. The van der Waals surface area contributed by atoms with Crippen LogP contribution in [0.15, 0.2) is 97.1 Å². The Balaban J connectivity index is 0.000000134. The molecule has 4 aliphatic heterocycles. The van der Waals surface area contributed by atoms with E-state index in [1.165, 1.54) is 40.8 Å². The van der Waals surface area contributed by atoms with E-state index in [-0.39, 0.29) is 11.5 Å². The molecule has 8 rings (SSSR count). The van der Waals surface area contributed by atoms with Crippen LogP contribution in [0.5, 0.6) is 17.2 Å². The zero-order valence-corrected chi connectivity index (χ0v) is 33.6. The molecule has 0 bridgehead atoms. The Kier molecular flexibility index (Phi) is 13.1. The fourth-order valence-corrected chi connectivity index (χ4v) is 6.82. The van der Waals surface area contributed by atoms with Crippen LogP contribution < -0.4 is 14.2 Å². The highest BCUT2D eigenvalue weighted by molar-refractivity contribution is 5.41. The summed E-state index contributed by atoms with van der Waals surface area (Å²) in [7, 11) is 0. The number of benzene rings is 4. The van der Waals surface area contributed by atoms with Crippen LogP contribution in [0.4, 0.5) is 0 Å². The predicted octanol–water partition coefficient (Wildman–Crippen LogP) is 10.8. The van der Waals surface area contributed by atoms with Crippen molar-refractivity contribution >= 4 is 0 Å². The van der Waals surface area contributed by atoms with Gasteiger partial charge in [0.2, 0.25) is 0 Å². The topological polar surface area (TPSA) is 34.2 Å².